The monoisotopic (exact) mass is 641 g/mol. The number of ether oxygens (including phenoxy) is 4. The van der Waals surface area contributed by atoms with E-state index in [9.17, 15) is 36.2 Å². The number of carboxylic acids is 1. The predicted molar refractivity (Wildman–Crippen MR) is 143 cm³/mol. The van der Waals surface area contributed by atoms with Gasteiger partial charge in [0, 0.05) is 11.6 Å². The summed E-state index contributed by atoms with van der Waals surface area (Å²) in [5.74, 6) is -3.02. The van der Waals surface area contributed by atoms with E-state index in [4.69, 9.17) is 9.47 Å². The minimum Gasteiger partial charge on any atom is -0.481 e. The van der Waals surface area contributed by atoms with Crippen LogP contribution in [0.2, 0.25) is 0 Å². The van der Waals surface area contributed by atoms with Crippen LogP contribution in [0.25, 0.3) is 5.69 Å². The number of halogens is 6. The topological polar surface area (TPSA) is 105 Å². The molecule has 3 heterocycles. The Morgan fingerprint density at radius 2 is 1.87 bits per heavy atom. The Kier molecular flexibility index (Phi) is 8.08. The maximum atomic E-state index is 14.8. The zero-order chi connectivity index (χ0) is 32.1. The largest absolute Gasteiger partial charge is 0.586 e. The molecule has 2 atom stereocenters. The lowest BCUT2D eigenvalue weighted by Gasteiger charge is -2.30. The first-order valence-corrected chi connectivity index (χ1v) is 14.5. The van der Waals surface area contributed by atoms with Gasteiger partial charge >= 0.3 is 18.4 Å². The van der Waals surface area contributed by atoms with Gasteiger partial charge in [-0.1, -0.05) is 6.07 Å². The molecule has 0 amide bonds. The van der Waals surface area contributed by atoms with Crippen molar-refractivity contribution in [3.63, 3.8) is 0 Å². The first-order valence-electron chi connectivity index (χ1n) is 14.5. The van der Waals surface area contributed by atoms with Crippen LogP contribution >= 0.6 is 0 Å². The third-order valence-electron chi connectivity index (χ3n) is 8.45. The minimum atomic E-state index is -4.76. The van der Waals surface area contributed by atoms with Gasteiger partial charge < -0.3 is 24.1 Å². The van der Waals surface area contributed by atoms with Crippen LogP contribution in [-0.4, -0.2) is 38.7 Å². The Morgan fingerprint density at radius 3 is 2.58 bits per heavy atom. The van der Waals surface area contributed by atoms with E-state index in [2.05, 4.69) is 19.6 Å². The molecule has 2 aliphatic carbocycles. The lowest BCUT2D eigenvalue weighted by molar-refractivity contribution is -0.286. The molecular weight excluding hydrogens is 612 g/mol. The minimum absolute atomic E-state index is 0.00754. The predicted octanol–water partition coefficient (Wildman–Crippen LogP) is 7.17. The van der Waals surface area contributed by atoms with Crippen molar-refractivity contribution in [3.05, 3.63) is 58.9 Å². The number of hydrogen-bond acceptors (Lipinski definition) is 7. The summed E-state index contributed by atoms with van der Waals surface area (Å²) in [6.45, 7) is 1.77. The molecule has 0 spiro atoms. The van der Waals surface area contributed by atoms with Crippen LogP contribution in [0.3, 0.4) is 0 Å². The van der Waals surface area contributed by atoms with E-state index in [0.717, 1.165) is 10.9 Å². The molecule has 3 aliphatic rings. The van der Waals surface area contributed by atoms with E-state index in [1.165, 1.54) is 31.2 Å². The standard InChI is InChI=1S/C30H29F6N3O6/c1-15(18-9-10-21-23(11-18)45-30(35,36)44-21)43-24-12-19(13-37-27(24)31)39-25-20(26(38-39)29(32,33)34)3-2-4-22(25)42-14-16-5-7-17(8-6-16)28(40)41/h9-13,15-17,22H,2-8,14H2,1H3,(H,40,41)/t15-,16-,17-,22-/m0/s1. The van der Waals surface area contributed by atoms with E-state index < -0.39 is 54.0 Å². The number of rotatable bonds is 8. The number of benzene rings is 1. The maximum absolute atomic E-state index is 14.8. The van der Waals surface area contributed by atoms with E-state index in [1.807, 2.05) is 0 Å². The van der Waals surface area contributed by atoms with Crippen LogP contribution in [0.1, 0.15) is 80.2 Å². The number of carboxylic acid groups (broad SMARTS) is 1. The Morgan fingerprint density at radius 1 is 1.13 bits per heavy atom. The molecule has 45 heavy (non-hydrogen) atoms. The molecule has 1 aromatic carbocycles. The SMILES string of the molecule is C[C@H](Oc1cc(-n2nc(C(F)(F)F)c3c2[C@@H](OC[C@H]2CC[C@H](C(=O)O)CC2)CCC3)cnc1F)c1ccc2c(c1)OC(F)(F)O2. The number of hydrogen-bond donors (Lipinski definition) is 1. The van der Waals surface area contributed by atoms with Crippen LogP contribution in [0.5, 0.6) is 17.2 Å². The second kappa shape index (κ2) is 11.7. The highest BCUT2D eigenvalue weighted by atomic mass is 19.4. The Bertz CT molecular complexity index is 1590. The second-order valence-corrected chi connectivity index (χ2v) is 11.5. The quantitative estimate of drug-likeness (QED) is 0.204. The number of pyridine rings is 1. The van der Waals surface area contributed by atoms with Crippen molar-refractivity contribution in [1.29, 1.82) is 0 Å². The molecule has 1 aliphatic heterocycles. The van der Waals surface area contributed by atoms with Crippen LogP contribution in [0.15, 0.2) is 30.5 Å². The summed E-state index contributed by atoms with van der Waals surface area (Å²) >= 11 is 0. The molecule has 9 nitrogen and oxygen atoms in total. The molecular formula is C30H29F6N3O6. The van der Waals surface area contributed by atoms with Crippen LogP contribution in [-0.2, 0) is 22.1 Å². The van der Waals surface area contributed by atoms with Crippen molar-refractivity contribution >= 4 is 5.97 Å². The molecule has 0 saturated heterocycles. The summed E-state index contributed by atoms with van der Waals surface area (Å²) in [4.78, 5) is 15.0. The number of nitrogens with zero attached hydrogens (tertiary/aromatic N) is 3. The Labute approximate surface area is 253 Å². The van der Waals surface area contributed by atoms with Crippen molar-refractivity contribution in [3.8, 4) is 22.9 Å². The zero-order valence-corrected chi connectivity index (χ0v) is 24.0. The Hall–Kier alpha value is -4.01. The van der Waals surface area contributed by atoms with Gasteiger partial charge in [0.25, 0.3) is 5.95 Å². The number of carbonyl (C=O) groups is 1. The zero-order valence-electron chi connectivity index (χ0n) is 24.0. The maximum Gasteiger partial charge on any atom is 0.586 e. The highest BCUT2D eigenvalue weighted by Crippen LogP contribution is 2.44. The van der Waals surface area contributed by atoms with Gasteiger partial charge in [-0.15, -0.1) is 8.78 Å². The summed E-state index contributed by atoms with van der Waals surface area (Å²) in [6.07, 6.45) is -5.92. The van der Waals surface area contributed by atoms with Gasteiger partial charge in [-0.3, -0.25) is 4.79 Å². The van der Waals surface area contributed by atoms with Gasteiger partial charge in [0.15, 0.2) is 22.9 Å². The molecule has 2 aromatic heterocycles. The van der Waals surface area contributed by atoms with Gasteiger partial charge in [-0.25, -0.2) is 9.67 Å². The molecule has 1 saturated carbocycles. The Balaban J connectivity index is 1.26. The summed E-state index contributed by atoms with van der Waals surface area (Å²) in [7, 11) is 0. The third-order valence-corrected chi connectivity index (χ3v) is 8.45. The molecule has 6 rings (SSSR count). The first kappa shape index (κ1) is 31.0. The van der Waals surface area contributed by atoms with Crippen molar-refractivity contribution < 1.29 is 55.2 Å². The van der Waals surface area contributed by atoms with Crippen molar-refractivity contribution in [1.82, 2.24) is 14.8 Å². The average molecular weight is 642 g/mol. The van der Waals surface area contributed by atoms with Crippen molar-refractivity contribution in [2.75, 3.05) is 6.61 Å². The number of alkyl halides is 5. The van der Waals surface area contributed by atoms with Gasteiger partial charge in [0.05, 0.1) is 36.2 Å². The molecule has 1 fully saturated rings. The number of aromatic nitrogens is 3. The van der Waals surface area contributed by atoms with Crippen LogP contribution < -0.4 is 14.2 Å². The molecule has 15 heteroatoms. The van der Waals surface area contributed by atoms with Crippen molar-refractivity contribution in [2.45, 2.75) is 76.5 Å². The highest BCUT2D eigenvalue weighted by Gasteiger charge is 2.44. The molecule has 0 unspecified atom stereocenters. The normalized spacial score (nSPS) is 23.0. The molecule has 242 valence electrons. The summed E-state index contributed by atoms with van der Waals surface area (Å²) in [5.41, 5.74) is -0.540. The fourth-order valence-corrected chi connectivity index (χ4v) is 6.15. The lowest BCUT2D eigenvalue weighted by Crippen LogP contribution is -2.25. The number of fused-ring (bicyclic) bond motifs is 2. The van der Waals surface area contributed by atoms with Crippen molar-refractivity contribution in [2.24, 2.45) is 11.8 Å². The molecule has 1 N–H and O–H groups in total. The van der Waals surface area contributed by atoms with Crippen LogP contribution in [0, 0.1) is 17.8 Å². The van der Waals surface area contributed by atoms with Gasteiger partial charge in [0.1, 0.15) is 6.10 Å². The molecule has 0 radical (unpaired) electrons. The first-order chi connectivity index (χ1) is 21.3. The fourth-order valence-electron chi connectivity index (χ4n) is 6.15. The summed E-state index contributed by atoms with van der Waals surface area (Å²) < 4.78 is 106. The highest BCUT2D eigenvalue weighted by molar-refractivity contribution is 5.70. The molecule has 3 aromatic rings. The second-order valence-electron chi connectivity index (χ2n) is 11.5. The van der Waals surface area contributed by atoms with Gasteiger partial charge in [-0.05, 0) is 75.5 Å². The van der Waals surface area contributed by atoms with E-state index in [-0.39, 0.29) is 47.4 Å². The summed E-state index contributed by atoms with van der Waals surface area (Å²) in [5, 5.41) is 13.2. The van der Waals surface area contributed by atoms with E-state index in [1.54, 1.807) is 0 Å². The summed E-state index contributed by atoms with van der Waals surface area (Å²) in [6, 6.07) is 5.11. The van der Waals surface area contributed by atoms with E-state index in [0.29, 0.717) is 44.1 Å². The van der Waals surface area contributed by atoms with Crippen LogP contribution in [0.4, 0.5) is 26.3 Å². The third kappa shape index (κ3) is 6.40. The lowest BCUT2D eigenvalue weighted by atomic mass is 9.82. The van der Waals surface area contributed by atoms with Gasteiger partial charge in [-0.2, -0.15) is 22.7 Å². The fraction of sp³-hybridized carbons (Fsp3) is 0.500. The molecule has 0 bridgehead atoms. The van der Waals surface area contributed by atoms with E-state index >= 15 is 0 Å². The average Bonchev–Trinajstić information content (AvgIpc) is 3.54. The number of aliphatic carboxylic acids is 1. The van der Waals surface area contributed by atoms with Gasteiger partial charge in [0.2, 0.25) is 0 Å². The smallest absolute Gasteiger partial charge is 0.481 e.